The van der Waals surface area contributed by atoms with Crippen LogP contribution in [0.25, 0.3) is 6.08 Å². The van der Waals surface area contributed by atoms with Crippen molar-refractivity contribution in [3.8, 4) is 11.5 Å². The number of ether oxygens (including phenoxy) is 1. The number of anilines is 1. The summed E-state index contributed by atoms with van der Waals surface area (Å²) in [7, 11) is 0. The number of rotatable bonds is 4. The topological polar surface area (TPSA) is 58.6 Å². The number of hydrogen-bond acceptors (Lipinski definition) is 4. The van der Waals surface area contributed by atoms with Crippen molar-refractivity contribution in [2.75, 3.05) is 4.90 Å². The van der Waals surface area contributed by atoms with Crippen LogP contribution in [0, 0.1) is 0 Å². The molecule has 3 aromatic rings. The van der Waals surface area contributed by atoms with E-state index in [1.165, 1.54) is 18.2 Å². The van der Waals surface area contributed by atoms with Gasteiger partial charge in [0.2, 0.25) is 0 Å². The Balaban J connectivity index is 1.58. The van der Waals surface area contributed by atoms with Crippen LogP contribution < -0.4 is 15.0 Å². The van der Waals surface area contributed by atoms with E-state index in [1.807, 2.05) is 18.2 Å². The summed E-state index contributed by atoms with van der Waals surface area (Å²) in [6, 6.07) is 19.8. The number of thiocarbonyl (C=S) groups is 1. The lowest BCUT2D eigenvalue weighted by molar-refractivity contribution is -0.137. The van der Waals surface area contributed by atoms with Gasteiger partial charge in [0.15, 0.2) is 5.11 Å². The second-order valence-corrected chi connectivity index (χ2v) is 7.37. The van der Waals surface area contributed by atoms with Gasteiger partial charge in [0, 0.05) is 0 Å². The van der Waals surface area contributed by atoms with Crippen LogP contribution >= 0.6 is 12.2 Å². The van der Waals surface area contributed by atoms with Gasteiger partial charge in [-0.2, -0.15) is 13.2 Å². The average molecular weight is 468 g/mol. The van der Waals surface area contributed by atoms with E-state index in [0.717, 1.165) is 17.0 Å². The molecule has 0 saturated carbocycles. The maximum Gasteiger partial charge on any atom is 0.416 e. The van der Waals surface area contributed by atoms with Crippen LogP contribution in [0.4, 0.5) is 18.9 Å². The summed E-state index contributed by atoms with van der Waals surface area (Å²) in [6.07, 6.45) is -3.26. The molecule has 0 unspecified atom stereocenters. The lowest BCUT2D eigenvalue weighted by Crippen LogP contribution is -2.54. The number of para-hydroxylation sites is 1. The van der Waals surface area contributed by atoms with E-state index in [0.29, 0.717) is 17.2 Å². The first kappa shape index (κ1) is 22.2. The van der Waals surface area contributed by atoms with E-state index >= 15 is 0 Å². The molecule has 3 aromatic carbocycles. The lowest BCUT2D eigenvalue weighted by atomic mass is 10.1. The van der Waals surface area contributed by atoms with Crippen LogP contribution in [-0.2, 0) is 15.8 Å². The molecule has 1 saturated heterocycles. The average Bonchev–Trinajstić information content (AvgIpc) is 2.78. The molecule has 0 atom stereocenters. The molecule has 0 radical (unpaired) electrons. The molecule has 33 heavy (non-hydrogen) atoms. The van der Waals surface area contributed by atoms with E-state index in [-0.39, 0.29) is 16.2 Å². The highest BCUT2D eigenvalue weighted by Gasteiger charge is 2.35. The highest BCUT2D eigenvalue weighted by atomic mass is 32.1. The van der Waals surface area contributed by atoms with E-state index in [9.17, 15) is 22.8 Å². The van der Waals surface area contributed by atoms with Crippen molar-refractivity contribution in [2.24, 2.45) is 0 Å². The van der Waals surface area contributed by atoms with Crippen LogP contribution in [0.3, 0.4) is 0 Å². The summed E-state index contributed by atoms with van der Waals surface area (Å²) >= 11 is 5.17. The van der Waals surface area contributed by atoms with E-state index in [1.54, 1.807) is 36.4 Å². The highest BCUT2D eigenvalue weighted by molar-refractivity contribution is 7.80. The summed E-state index contributed by atoms with van der Waals surface area (Å²) < 4.78 is 44.0. The number of carbonyl (C=O) groups is 2. The van der Waals surface area contributed by atoms with Gasteiger partial charge in [0.1, 0.15) is 17.1 Å². The van der Waals surface area contributed by atoms with Crippen LogP contribution in [0.2, 0.25) is 0 Å². The summed E-state index contributed by atoms with van der Waals surface area (Å²) in [4.78, 5) is 26.6. The lowest BCUT2D eigenvalue weighted by Gasteiger charge is -2.29. The first-order valence-corrected chi connectivity index (χ1v) is 10.0. The maximum absolute atomic E-state index is 13.1. The SMILES string of the molecule is O=C1NC(=S)N(c2ccc(Oc3ccccc3)cc2)C(=O)/C1=C/c1ccc(C(F)(F)F)cc1. The summed E-state index contributed by atoms with van der Waals surface area (Å²) in [5, 5.41) is 2.33. The minimum atomic E-state index is -4.48. The van der Waals surface area contributed by atoms with Crippen molar-refractivity contribution in [3.63, 3.8) is 0 Å². The first-order chi connectivity index (χ1) is 15.7. The Morgan fingerprint density at radius 3 is 2.06 bits per heavy atom. The Kier molecular flexibility index (Phi) is 5.97. The molecule has 0 spiro atoms. The second-order valence-electron chi connectivity index (χ2n) is 6.99. The van der Waals surface area contributed by atoms with Gasteiger partial charge in [0.05, 0.1) is 11.3 Å². The van der Waals surface area contributed by atoms with Crippen LogP contribution in [-0.4, -0.2) is 16.9 Å². The van der Waals surface area contributed by atoms with Crippen molar-refractivity contribution >= 4 is 40.9 Å². The molecular weight excluding hydrogens is 453 g/mol. The number of halogens is 3. The minimum absolute atomic E-state index is 0.105. The van der Waals surface area contributed by atoms with Gasteiger partial charge in [-0.15, -0.1) is 0 Å². The van der Waals surface area contributed by atoms with Crippen molar-refractivity contribution in [3.05, 3.63) is 95.6 Å². The van der Waals surface area contributed by atoms with Gasteiger partial charge < -0.3 is 4.74 Å². The molecule has 1 N–H and O–H groups in total. The van der Waals surface area contributed by atoms with Crippen molar-refractivity contribution in [2.45, 2.75) is 6.18 Å². The molecular formula is C24H15F3N2O3S. The molecule has 0 aromatic heterocycles. The molecule has 4 rings (SSSR count). The summed E-state index contributed by atoms with van der Waals surface area (Å²) in [6.45, 7) is 0. The Hall–Kier alpha value is -3.98. The second kappa shape index (κ2) is 8.87. The molecule has 5 nitrogen and oxygen atoms in total. The largest absolute Gasteiger partial charge is 0.457 e. The number of nitrogens with one attached hydrogen (secondary N) is 1. The molecule has 0 aliphatic carbocycles. The van der Waals surface area contributed by atoms with Gasteiger partial charge in [-0.25, -0.2) is 0 Å². The quantitative estimate of drug-likeness (QED) is 0.320. The zero-order valence-corrected chi connectivity index (χ0v) is 17.6. The predicted octanol–water partition coefficient (Wildman–Crippen LogP) is 5.33. The van der Waals surface area contributed by atoms with Crippen LogP contribution in [0.15, 0.2) is 84.4 Å². The first-order valence-electron chi connectivity index (χ1n) is 9.64. The third kappa shape index (κ3) is 4.93. The molecule has 1 aliphatic rings. The molecule has 1 aliphatic heterocycles. The van der Waals surface area contributed by atoms with Crippen molar-refractivity contribution in [1.82, 2.24) is 5.32 Å². The monoisotopic (exact) mass is 468 g/mol. The number of nitrogens with zero attached hydrogens (tertiary/aromatic N) is 1. The third-order valence-electron chi connectivity index (χ3n) is 4.72. The standard InChI is InChI=1S/C24H15F3N2O3S/c25-24(26,27)16-8-6-15(7-9-16)14-20-21(30)28-23(33)29(22(20)31)17-10-12-19(13-11-17)32-18-4-2-1-3-5-18/h1-14H,(H,28,30,33)/b20-14+. The molecule has 0 bridgehead atoms. The summed E-state index contributed by atoms with van der Waals surface area (Å²) in [5.41, 5.74) is -0.428. The van der Waals surface area contributed by atoms with Crippen molar-refractivity contribution < 1.29 is 27.5 Å². The number of hydrogen-bond donors (Lipinski definition) is 1. The third-order valence-corrected chi connectivity index (χ3v) is 5.01. The molecule has 166 valence electrons. The number of carbonyl (C=O) groups excluding carboxylic acids is 2. The van der Waals surface area contributed by atoms with Gasteiger partial charge in [-0.3, -0.25) is 19.8 Å². The fourth-order valence-corrected chi connectivity index (χ4v) is 3.40. The van der Waals surface area contributed by atoms with Gasteiger partial charge in [-0.05, 0) is 72.4 Å². The Morgan fingerprint density at radius 2 is 1.45 bits per heavy atom. The maximum atomic E-state index is 13.1. The Bertz CT molecular complexity index is 1240. The highest BCUT2D eigenvalue weighted by Crippen LogP contribution is 2.30. The number of alkyl halides is 3. The van der Waals surface area contributed by atoms with E-state index < -0.39 is 23.6 Å². The normalized spacial score (nSPS) is 15.5. The summed E-state index contributed by atoms with van der Waals surface area (Å²) in [5.74, 6) is -0.251. The van der Waals surface area contributed by atoms with E-state index in [4.69, 9.17) is 17.0 Å². The molecule has 2 amide bonds. The van der Waals surface area contributed by atoms with E-state index in [2.05, 4.69) is 5.32 Å². The van der Waals surface area contributed by atoms with Crippen LogP contribution in [0.5, 0.6) is 11.5 Å². The van der Waals surface area contributed by atoms with Gasteiger partial charge >= 0.3 is 6.18 Å². The Morgan fingerprint density at radius 1 is 0.848 bits per heavy atom. The minimum Gasteiger partial charge on any atom is -0.457 e. The molecule has 1 heterocycles. The smallest absolute Gasteiger partial charge is 0.416 e. The zero-order chi connectivity index (χ0) is 23.6. The van der Waals surface area contributed by atoms with Crippen LogP contribution in [0.1, 0.15) is 11.1 Å². The zero-order valence-electron chi connectivity index (χ0n) is 16.8. The predicted molar refractivity (Wildman–Crippen MR) is 121 cm³/mol. The van der Waals surface area contributed by atoms with Gasteiger partial charge in [0.25, 0.3) is 11.8 Å². The fraction of sp³-hybridized carbons (Fsp3) is 0.0417. The molecule has 9 heteroatoms. The Labute approximate surface area is 192 Å². The van der Waals surface area contributed by atoms with Crippen molar-refractivity contribution in [1.29, 1.82) is 0 Å². The fourth-order valence-electron chi connectivity index (χ4n) is 3.11. The number of amides is 2. The van der Waals surface area contributed by atoms with Gasteiger partial charge in [-0.1, -0.05) is 30.3 Å². The number of benzene rings is 3. The molecule has 1 fully saturated rings.